The number of fused-ring (bicyclic) bond motifs is 1. The molecule has 4 rings (SSSR count). The molecule has 8 nitrogen and oxygen atoms in total. The summed E-state index contributed by atoms with van der Waals surface area (Å²) in [7, 11) is 3.18. The molecule has 0 unspecified atom stereocenters. The summed E-state index contributed by atoms with van der Waals surface area (Å²) in [5.74, 6) is 0.615. The summed E-state index contributed by atoms with van der Waals surface area (Å²) in [5.41, 5.74) is 1.83. The van der Waals surface area contributed by atoms with E-state index in [-0.39, 0.29) is 12.1 Å². The fourth-order valence-electron chi connectivity index (χ4n) is 3.92. The van der Waals surface area contributed by atoms with E-state index in [2.05, 4.69) is 15.5 Å². The quantitative estimate of drug-likeness (QED) is 0.448. The van der Waals surface area contributed by atoms with Crippen molar-refractivity contribution in [3.63, 3.8) is 0 Å². The number of esters is 1. The van der Waals surface area contributed by atoms with Crippen molar-refractivity contribution in [2.24, 2.45) is 0 Å². The molecule has 1 atom stereocenters. The van der Waals surface area contributed by atoms with Crippen molar-refractivity contribution in [3.05, 3.63) is 41.1 Å². The van der Waals surface area contributed by atoms with E-state index in [4.69, 9.17) is 19.1 Å². The van der Waals surface area contributed by atoms with Crippen LogP contribution in [-0.2, 0) is 27.2 Å². The van der Waals surface area contributed by atoms with Gasteiger partial charge in [-0.1, -0.05) is 11.5 Å². The minimum atomic E-state index is -0.943. The minimum absolute atomic E-state index is 0.177. The number of aromatic nitrogens is 2. The van der Waals surface area contributed by atoms with Crippen molar-refractivity contribution < 1.29 is 24.0 Å². The highest BCUT2D eigenvalue weighted by atomic mass is 16.5. The lowest BCUT2D eigenvalue weighted by Gasteiger charge is -2.38. The van der Waals surface area contributed by atoms with Gasteiger partial charge < -0.3 is 23.8 Å². The van der Waals surface area contributed by atoms with Crippen LogP contribution in [0.2, 0.25) is 0 Å². The number of ether oxygens (including phenoxy) is 2. The van der Waals surface area contributed by atoms with Crippen LogP contribution < -0.4 is 0 Å². The number of rotatable bonds is 9. The van der Waals surface area contributed by atoms with Gasteiger partial charge in [0.05, 0.1) is 54.1 Å². The molecule has 9 heteroatoms. The molecule has 1 saturated heterocycles. The topological polar surface area (TPSA) is 86.0 Å². The van der Waals surface area contributed by atoms with Gasteiger partial charge in [0.2, 0.25) is 0 Å². The van der Waals surface area contributed by atoms with Crippen LogP contribution >= 0.6 is 0 Å². The van der Waals surface area contributed by atoms with E-state index >= 15 is 0 Å². The summed E-state index contributed by atoms with van der Waals surface area (Å²) in [6, 6.07) is 5.51. The van der Waals surface area contributed by atoms with E-state index < -0.39 is 11.2 Å². The molecular weight excluding hydrogens is 433 g/mol. The third-order valence-electron chi connectivity index (χ3n) is 7.10. The van der Waals surface area contributed by atoms with Crippen LogP contribution in [0.1, 0.15) is 56.7 Å². The fourth-order valence-corrected chi connectivity index (χ4v) is 3.92. The second-order valence-electron chi connectivity index (χ2n) is 10.2. The molecule has 2 aliphatic rings. The third kappa shape index (κ3) is 5.38. The predicted molar refractivity (Wildman–Crippen MR) is 131 cm³/mol. The van der Waals surface area contributed by atoms with Crippen LogP contribution in [0.4, 0.5) is 0 Å². The van der Waals surface area contributed by atoms with Crippen LogP contribution in [0.3, 0.4) is 0 Å². The van der Waals surface area contributed by atoms with E-state index in [9.17, 15) is 9.90 Å². The normalized spacial score (nSPS) is 19.6. The standard InChI is InChI=1S/C25H35BN3O5/c1-24(2,31)25(3,4)34-26-18-8-11-28(12-9-18)16-22-27-20-7-6-17(23(30)32-5)14-21(20)29(22)15-19-10-13-33-19/h6-8,14,19,31H,9-13,15-16H2,1-5H3/t19-/m0/s1. The number of benzene rings is 1. The first-order valence-corrected chi connectivity index (χ1v) is 11.9. The first-order chi connectivity index (χ1) is 16.1. The summed E-state index contributed by atoms with van der Waals surface area (Å²) < 4.78 is 18.7. The Kier molecular flexibility index (Phi) is 7.19. The van der Waals surface area contributed by atoms with Crippen molar-refractivity contribution in [2.45, 2.75) is 70.9 Å². The predicted octanol–water partition coefficient (Wildman–Crippen LogP) is 2.89. The number of hydrogen-bond donors (Lipinski definition) is 1. The summed E-state index contributed by atoms with van der Waals surface area (Å²) >= 11 is 0. The van der Waals surface area contributed by atoms with E-state index in [1.165, 1.54) is 7.11 Å². The number of methoxy groups -OCH3 is 1. The van der Waals surface area contributed by atoms with Crippen molar-refractivity contribution in [1.29, 1.82) is 0 Å². The third-order valence-corrected chi connectivity index (χ3v) is 7.10. The Bertz CT molecular complexity index is 1070. The van der Waals surface area contributed by atoms with Crippen LogP contribution in [0.25, 0.3) is 11.0 Å². The SMILES string of the molecule is COC(=O)c1ccc2nc(CN3CC=C([B]OC(C)(C)C(C)(C)O)CC3)n(C[C@@H]3CCO3)c2c1. The van der Waals surface area contributed by atoms with Crippen molar-refractivity contribution in [2.75, 3.05) is 26.8 Å². The molecule has 0 bridgehead atoms. The highest BCUT2D eigenvalue weighted by Gasteiger charge is 2.36. The zero-order valence-electron chi connectivity index (χ0n) is 20.8. The lowest BCUT2D eigenvalue weighted by molar-refractivity contribution is -0.0897. The summed E-state index contributed by atoms with van der Waals surface area (Å²) in [6.07, 6.45) is 4.24. The van der Waals surface area contributed by atoms with Gasteiger partial charge in [-0.15, -0.1) is 0 Å². The molecule has 0 amide bonds. The Hall–Kier alpha value is -2.20. The first-order valence-electron chi connectivity index (χ1n) is 11.9. The van der Waals surface area contributed by atoms with E-state index in [1.807, 2.05) is 26.0 Å². The van der Waals surface area contributed by atoms with Gasteiger partial charge in [-0.3, -0.25) is 4.90 Å². The van der Waals surface area contributed by atoms with Gasteiger partial charge in [-0.2, -0.15) is 0 Å². The molecule has 2 aliphatic heterocycles. The van der Waals surface area contributed by atoms with Crippen molar-refractivity contribution in [3.8, 4) is 0 Å². The maximum absolute atomic E-state index is 12.1. The second kappa shape index (κ2) is 9.81. The van der Waals surface area contributed by atoms with Crippen LogP contribution in [-0.4, -0.2) is 77.1 Å². The molecule has 1 aromatic heterocycles. The molecule has 2 aromatic rings. The molecule has 183 valence electrons. The molecule has 3 heterocycles. The summed E-state index contributed by atoms with van der Waals surface area (Å²) in [5, 5.41) is 10.3. The van der Waals surface area contributed by atoms with Gasteiger partial charge in [-0.25, -0.2) is 9.78 Å². The number of nitrogens with zero attached hydrogens (tertiary/aromatic N) is 3. The molecule has 1 N–H and O–H groups in total. The number of imidazole rings is 1. The molecule has 34 heavy (non-hydrogen) atoms. The van der Waals surface area contributed by atoms with Crippen molar-refractivity contribution >= 4 is 24.5 Å². The lowest BCUT2D eigenvalue weighted by atomic mass is 9.79. The smallest absolute Gasteiger partial charge is 0.337 e. The van der Waals surface area contributed by atoms with Gasteiger partial charge in [-0.05, 0) is 58.7 Å². The van der Waals surface area contributed by atoms with E-state index in [0.717, 1.165) is 61.4 Å². The zero-order chi connectivity index (χ0) is 24.5. The summed E-state index contributed by atoms with van der Waals surface area (Å²) in [6.45, 7) is 11.2. The highest BCUT2D eigenvalue weighted by molar-refractivity contribution is 6.38. The van der Waals surface area contributed by atoms with Gasteiger partial charge in [0.15, 0.2) is 0 Å². The first kappa shape index (κ1) is 24.9. The van der Waals surface area contributed by atoms with Gasteiger partial charge >= 0.3 is 13.5 Å². The molecular formula is C25H35BN3O5. The van der Waals surface area contributed by atoms with Gasteiger partial charge in [0.25, 0.3) is 0 Å². The van der Waals surface area contributed by atoms with E-state index in [0.29, 0.717) is 12.1 Å². The Morgan fingerprint density at radius 3 is 2.68 bits per heavy atom. The molecule has 0 aliphatic carbocycles. The zero-order valence-corrected chi connectivity index (χ0v) is 20.8. The monoisotopic (exact) mass is 468 g/mol. The van der Waals surface area contributed by atoms with Gasteiger partial charge in [0, 0.05) is 19.7 Å². The highest BCUT2D eigenvalue weighted by Crippen LogP contribution is 2.27. The van der Waals surface area contributed by atoms with Crippen molar-refractivity contribution in [1.82, 2.24) is 14.5 Å². The molecule has 1 aromatic carbocycles. The number of carbonyl (C=O) groups is 1. The Morgan fingerprint density at radius 2 is 2.09 bits per heavy atom. The minimum Gasteiger partial charge on any atom is -0.465 e. The molecule has 0 spiro atoms. The van der Waals surface area contributed by atoms with Crippen LogP contribution in [0.15, 0.2) is 29.7 Å². The van der Waals surface area contributed by atoms with E-state index in [1.54, 1.807) is 27.4 Å². The lowest BCUT2D eigenvalue weighted by Crippen LogP contribution is -2.48. The molecule has 1 radical (unpaired) electrons. The number of carbonyl (C=O) groups excluding carboxylic acids is 1. The fraction of sp³-hybridized carbons (Fsp3) is 0.600. The average molecular weight is 468 g/mol. The number of hydrogen-bond acceptors (Lipinski definition) is 7. The average Bonchev–Trinajstić information content (AvgIpc) is 3.10. The largest absolute Gasteiger partial charge is 0.465 e. The summed E-state index contributed by atoms with van der Waals surface area (Å²) in [4.78, 5) is 19.3. The maximum atomic E-state index is 12.1. The second-order valence-corrected chi connectivity index (χ2v) is 10.2. The molecule has 0 saturated carbocycles. The number of aliphatic hydroxyl groups is 1. The molecule has 1 fully saturated rings. The van der Waals surface area contributed by atoms with Gasteiger partial charge in [0.1, 0.15) is 5.82 Å². The Labute approximate surface area is 202 Å². The Morgan fingerprint density at radius 1 is 1.32 bits per heavy atom. The maximum Gasteiger partial charge on any atom is 0.337 e. The Balaban J connectivity index is 1.47. The van der Waals surface area contributed by atoms with Crippen LogP contribution in [0, 0.1) is 0 Å². The van der Waals surface area contributed by atoms with Crippen LogP contribution in [0.5, 0.6) is 0 Å².